The van der Waals surface area contributed by atoms with Crippen molar-refractivity contribution in [2.75, 3.05) is 0 Å². The minimum absolute atomic E-state index is 0.0560. The molecule has 5 rings (SSSR count). The standard InChI is InChI=1S/C25H18N2O3/c28-25(29)24-12-11-21(30-24)16-27-15-19(22-7-3-4-8-23(22)27)14-26-20-10-9-17-5-1-2-6-18(17)13-20/h1-15H,16H2,(H,28,29). The number of benzene rings is 3. The molecule has 0 spiro atoms. The number of carboxylic acid groups (broad SMARTS) is 1. The van der Waals surface area contributed by atoms with E-state index in [1.165, 1.54) is 11.5 Å². The fourth-order valence-electron chi connectivity index (χ4n) is 3.66. The van der Waals surface area contributed by atoms with E-state index in [4.69, 9.17) is 9.52 Å². The topological polar surface area (TPSA) is 67.7 Å². The molecular formula is C25H18N2O3. The van der Waals surface area contributed by atoms with E-state index >= 15 is 0 Å². The van der Waals surface area contributed by atoms with Crippen molar-refractivity contribution in [1.29, 1.82) is 0 Å². The zero-order valence-corrected chi connectivity index (χ0v) is 16.0. The Hall–Kier alpha value is -4.12. The molecule has 5 nitrogen and oxygen atoms in total. The predicted molar refractivity (Wildman–Crippen MR) is 118 cm³/mol. The number of carboxylic acids is 1. The first-order valence-corrected chi connectivity index (χ1v) is 9.60. The molecule has 0 radical (unpaired) electrons. The van der Waals surface area contributed by atoms with Crippen molar-refractivity contribution in [3.63, 3.8) is 0 Å². The summed E-state index contributed by atoms with van der Waals surface area (Å²) in [5.41, 5.74) is 2.91. The van der Waals surface area contributed by atoms with Gasteiger partial charge < -0.3 is 14.1 Å². The Morgan fingerprint density at radius 3 is 2.60 bits per heavy atom. The Balaban J connectivity index is 1.49. The first-order valence-electron chi connectivity index (χ1n) is 9.60. The Bertz CT molecular complexity index is 1410. The Kier molecular flexibility index (Phi) is 4.41. The van der Waals surface area contributed by atoms with Crippen LogP contribution in [0, 0.1) is 0 Å². The highest BCUT2D eigenvalue weighted by Crippen LogP contribution is 2.24. The molecule has 30 heavy (non-hydrogen) atoms. The molecule has 2 heterocycles. The molecule has 0 saturated carbocycles. The fourth-order valence-corrected chi connectivity index (χ4v) is 3.66. The summed E-state index contributed by atoms with van der Waals surface area (Å²) in [5.74, 6) is -0.535. The van der Waals surface area contributed by atoms with Crippen molar-refractivity contribution in [3.05, 3.63) is 102 Å². The van der Waals surface area contributed by atoms with E-state index in [1.807, 2.05) is 53.4 Å². The monoisotopic (exact) mass is 394 g/mol. The van der Waals surface area contributed by atoms with Crippen LogP contribution in [0.2, 0.25) is 0 Å². The summed E-state index contributed by atoms with van der Waals surface area (Å²) in [6.45, 7) is 0.442. The van der Waals surface area contributed by atoms with Gasteiger partial charge >= 0.3 is 5.97 Å². The Morgan fingerprint density at radius 2 is 1.77 bits per heavy atom. The maximum Gasteiger partial charge on any atom is 0.371 e. The number of nitrogens with zero attached hydrogens (tertiary/aromatic N) is 2. The minimum atomic E-state index is -1.07. The van der Waals surface area contributed by atoms with Crippen LogP contribution < -0.4 is 0 Å². The second-order valence-corrected chi connectivity index (χ2v) is 7.09. The van der Waals surface area contributed by atoms with Crippen LogP contribution in [0.5, 0.6) is 0 Å². The van der Waals surface area contributed by atoms with Gasteiger partial charge in [0.25, 0.3) is 0 Å². The first kappa shape index (κ1) is 17.9. The molecule has 0 bridgehead atoms. The summed E-state index contributed by atoms with van der Waals surface area (Å²) in [5, 5.41) is 12.5. The molecule has 5 aromatic rings. The van der Waals surface area contributed by atoms with E-state index in [9.17, 15) is 4.79 Å². The van der Waals surface area contributed by atoms with Gasteiger partial charge in [0.15, 0.2) is 0 Å². The minimum Gasteiger partial charge on any atom is -0.475 e. The largest absolute Gasteiger partial charge is 0.475 e. The molecule has 1 N–H and O–H groups in total. The molecule has 5 heteroatoms. The van der Waals surface area contributed by atoms with Crippen LogP contribution in [0.25, 0.3) is 21.7 Å². The van der Waals surface area contributed by atoms with Gasteiger partial charge in [-0.1, -0.05) is 48.5 Å². The van der Waals surface area contributed by atoms with E-state index < -0.39 is 5.97 Å². The molecule has 146 valence electrons. The first-order chi connectivity index (χ1) is 14.7. The molecule has 0 unspecified atom stereocenters. The number of furan rings is 1. The van der Waals surface area contributed by atoms with Crippen LogP contribution >= 0.6 is 0 Å². The van der Waals surface area contributed by atoms with E-state index in [0.717, 1.165) is 27.5 Å². The second kappa shape index (κ2) is 7.37. The van der Waals surface area contributed by atoms with Gasteiger partial charge in [-0.2, -0.15) is 0 Å². The third-order valence-corrected chi connectivity index (χ3v) is 5.10. The number of carbonyl (C=O) groups is 1. The maximum atomic E-state index is 11.1. The van der Waals surface area contributed by atoms with Gasteiger partial charge in [0, 0.05) is 28.9 Å². The van der Waals surface area contributed by atoms with Crippen LogP contribution in [0.15, 0.2) is 94.5 Å². The molecule has 0 atom stereocenters. The number of hydrogen-bond donors (Lipinski definition) is 1. The number of para-hydroxylation sites is 1. The lowest BCUT2D eigenvalue weighted by Gasteiger charge is -2.02. The van der Waals surface area contributed by atoms with E-state index in [-0.39, 0.29) is 5.76 Å². The Morgan fingerprint density at radius 1 is 0.967 bits per heavy atom. The van der Waals surface area contributed by atoms with Gasteiger partial charge in [0.2, 0.25) is 5.76 Å². The molecule has 0 aliphatic rings. The van der Waals surface area contributed by atoms with Crippen LogP contribution in [0.1, 0.15) is 21.9 Å². The number of aromatic carboxylic acids is 1. The average molecular weight is 394 g/mol. The third kappa shape index (κ3) is 3.37. The lowest BCUT2D eigenvalue weighted by Crippen LogP contribution is -1.97. The SMILES string of the molecule is O=C(O)c1ccc(Cn2cc(C=Nc3ccc4ccccc4c3)c3ccccc32)o1. The molecule has 3 aromatic carbocycles. The molecule has 0 saturated heterocycles. The van der Waals surface area contributed by atoms with Crippen molar-refractivity contribution < 1.29 is 14.3 Å². The lowest BCUT2D eigenvalue weighted by molar-refractivity contribution is 0.0660. The summed E-state index contributed by atoms with van der Waals surface area (Å²) < 4.78 is 7.47. The zero-order chi connectivity index (χ0) is 20.5. The number of rotatable bonds is 5. The van der Waals surface area contributed by atoms with Crippen LogP contribution in [0.3, 0.4) is 0 Å². The molecule has 0 amide bonds. The molecule has 0 fully saturated rings. The molecule has 0 aliphatic carbocycles. The van der Waals surface area contributed by atoms with Gasteiger partial charge in [0.05, 0.1) is 12.2 Å². The Labute approximate surface area is 172 Å². The predicted octanol–water partition coefficient (Wildman–Crippen LogP) is 5.88. The van der Waals surface area contributed by atoms with Crippen molar-refractivity contribution in [2.45, 2.75) is 6.54 Å². The normalized spacial score (nSPS) is 11.6. The van der Waals surface area contributed by atoms with Crippen molar-refractivity contribution in [2.24, 2.45) is 4.99 Å². The maximum absolute atomic E-state index is 11.1. The van der Waals surface area contributed by atoms with Gasteiger partial charge in [-0.05, 0) is 41.1 Å². The molecule has 0 aliphatic heterocycles. The number of hydrogen-bond acceptors (Lipinski definition) is 3. The second-order valence-electron chi connectivity index (χ2n) is 7.09. The summed E-state index contributed by atoms with van der Waals surface area (Å²) >= 11 is 0. The fraction of sp³-hybridized carbons (Fsp3) is 0.0400. The highest BCUT2D eigenvalue weighted by Gasteiger charge is 2.12. The summed E-state index contributed by atoms with van der Waals surface area (Å²) in [4.78, 5) is 15.8. The van der Waals surface area contributed by atoms with Crippen LogP contribution in [-0.4, -0.2) is 21.9 Å². The average Bonchev–Trinajstić information content (AvgIpc) is 3.38. The summed E-state index contributed by atoms with van der Waals surface area (Å²) in [6.07, 6.45) is 3.88. The van der Waals surface area contributed by atoms with Crippen LogP contribution in [0.4, 0.5) is 5.69 Å². The van der Waals surface area contributed by atoms with Crippen molar-refractivity contribution >= 4 is 39.5 Å². The van der Waals surface area contributed by atoms with Crippen molar-refractivity contribution in [3.8, 4) is 0 Å². The highest BCUT2D eigenvalue weighted by atomic mass is 16.4. The third-order valence-electron chi connectivity index (χ3n) is 5.10. The number of aliphatic imine (C=N–C) groups is 1. The van der Waals surface area contributed by atoms with Gasteiger partial charge in [0.1, 0.15) is 5.76 Å². The zero-order valence-electron chi connectivity index (χ0n) is 16.0. The summed E-state index contributed by atoms with van der Waals surface area (Å²) in [7, 11) is 0. The van der Waals surface area contributed by atoms with Gasteiger partial charge in [-0.3, -0.25) is 4.99 Å². The number of fused-ring (bicyclic) bond motifs is 2. The molecular weight excluding hydrogens is 376 g/mol. The molecule has 2 aromatic heterocycles. The quantitative estimate of drug-likeness (QED) is 0.378. The van der Waals surface area contributed by atoms with Gasteiger partial charge in [-0.15, -0.1) is 0 Å². The van der Waals surface area contributed by atoms with E-state index in [0.29, 0.717) is 12.3 Å². The number of aromatic nitrogens is 1. The highest BCUT2D eigenvalue weighted by molar-refractivity contribution is 6.00. The smallest absolute Gasteiger partial charge is 0.371 e. The van der Waals surface area contributed by atoms with E-state index in [2.05, 4.69) is 35.3 Å². The lowest BCUT2D eigenvalue weighted by atomic mass is 10.1. The summed E-state index contributed by atoms with van der Waals surface area (Å²) in [6, 6.07) is 25.6. The van der Waals surface area contributed by atoms with Crippen molar-refractivity contribution in [1.82, 2.24) is 4.57 Å². The van der Waals surface area contributed by atoms with E-state index in [1.54, 1.807) is 6.07 Å². The van der Waals surface area contributed by atoms with Gasteiger partial charge in [-0.25, -0.2) is 4.79 Å². The van der Waals surface area contributed by atoms with Crippen LogP contribution in [-0.2, 0) is 6.54 Å².